The minimum Gasteiger partial charge on any atom is -0.455 e. The molecule has 0 aromatic rings. The highest BCUT2D eigenvalue weighted by Crippen LogP contribution is 2.60. The molecule has 2 fully saturated rings. The number of hydrogen-bond acceptors (Lipinski definition) is 5. The minimum absolute atomic E-state index is 1.18. The van der Waals surface area contributed by atoms with Crippen LogP contribution in [0.2, 0.25) is 0 Å². The maximum Gasteiger partial charge on any atom is 0.452 e. The van der Waals surface area contributed by atoms with E-state index in [0.717, 1.165) is 0 Å². The monoisotopic (exact) mass is 677 g/mol. The molecular weight excluding hydrogens is 664 g/mol. The highest BCUT2D eigenvalue weighted by atomic mass is 19.4. The Kier molecular flexibility index (Phi) is 8.41. The number of halogens is 18. The average Bonchev–Trinajstić information content (AvgIpc) is 2.92. The summed E-state index contributed by atoms with van der Waals surface area (Å²) in [6.07, 6.45) is -35.1. The van der Waals surface area contributed by atoms with E-state index in [9.17, 15) is 80.2 Å². The van der Waals surface area contributed by atoms with Crippen LogP contribution in [0.1, 0.15) is 32.6 Å². The first-order valence-corrected chi connectivity index (χ1v) is 10.9. The Morgan fingerprint density at radius 1 is 0.791 bits per heavy atom. The Balaban J connectivity index is 2.68. The van der Waals surface area contributed by atoms with Crippen LogP contribution in [0, 0.1) is 0 Å². The zero-order chi connectivity index (χ0) is 34.3. The quantitative estimate of drug-likeness (QED) is 0.139. The molecule has 1 aliphatic heterocycles. The van der Waals surface area contributed by atoms with Crippen molar-refractivity contribution in [3.05, 3.63) is 0 Å². The molecule has 0 spiro atoms. The van der Waals surface area contributed by atoms with Gasteiger partial charge in [-0.15, -0.1) is 0 Å². The molecule has 0 N–H and O–H groups in total. The molecule has 1 aliphatic carbocycles. The molecular formula is C19H13F18NO5. The van der Waals surface area contributed by atoms with Gasteiger partial charge in [-0.2, -0.15) is 52.7 Å². The van der Waals surface area contributed by atoms with Crippen LogP contribution in [0.4, 0.5) is 79.0 Å². The molecule has 24 heteroatoms. The van der Waals surface area contributed by atoms with Crippen LogP contribution in [0.5, 0.6) is 0 Å². The molecule has 0 radical (unpaired) electrons. The molecule has 1 heterocycles. The lowest BCUT2D eigenvalue weighted by Crippen LogP contribution is -2.71. The smallest absolute Gasteiger partial charge is 0.452 e. The second kappa shape index (κ2) is 9.91. The second-order valence-electron chi connectivity index (χ2n) is 9.42. The number of likely N-dealkylation sites (tertiary alicyclic amines) is 1. The summed E-state index contributed by atoms with van der Waals surface area (Å²) in [5.74, 6) is -29.7. The van der Waals surface area contributed by atoms with Gasteiger partial charge in [0.1, 0.15) is 6.42 Å². The molecule has 1 saturated carbocycles. The Morgan fingerprint density at radius 3 is 1.67 bits per heavy atom. The second-order valence-corrected chi connectivity index (χ2v) is 9.42. The summed E-state index contributed by atoms with van der Waals surface area (Å²) in [5.41, 5.74) is -17.0. The minimum atomic E-state index is -7.05. The van der Waals surface area contributed by atoms with Gasteiger partial charge in [0, 0.05) is 6.42 Å². The first kappa shape index (κ1) is 36.5. The standard InChI is InChI=1S/C19H13F18NO5/c1-10(20,18(32,33)34)17(31,38-7(39)11(21)3-2-4-12(22,23)16(11,30)8(38)40)9(41)42-6-13(24,19(35,36)37)43-15(28,29)5-14(25,26)27/h2-6H2,1H3. The highest BCUT2D eigenvalue weighted by molar-refractivity contribution is 6.16. The molecule has 250 valence electrons. The van der Waals surface area contributed by atoms with Gasteiger partial charge in [0.05, 0.1) is 0 Å². The summed E-state index contributed by atoms with van der Waals surface area (Å²) in [5, 5.41) is 0. The van der Waals surface area contributed by atoms with Crippen molar-refractivity contribution in [1.29, 1.82) is 0 Å². The summed E-state index contributed by atoms with van der Waals surface area (Å²) < 4.78 is 253. The van der Waals surface area contributed by atoms with Crippen LogP contribution < -0.4 is 0 Å². The molecule has 0 bridgehead atoms. The summed E-state index contributed by atoms with van der Waals surface area (Å²) >= 11 is 0. The molecule has 2 aliphatic rings. The number of amides is 2. The third-order valence-corrected chi connectivity index (χ3v) is 6.36. The lowest BCUT2D eigenvalue weighted by Gasteiger charge is -2.41. The van der Waals surface area contributed by atoms with Gasteiger partial charge >= 0.3 is 42.3 Å². The van der Waals surface area contributed by atoms with Crippen molar-refractivity contribution < 1.29 is 103 Å². The average molecular weight is 677 g/mol. The summed E-state index contributed by atoms with van der Waals surface area (Å²) in [4.78, 5) is 34.9. The number of rotatable bonds is 8. The number of imide groups is 1. The third kappa shape index (κ3) is 5.44. The molecule has 2 rings (SSSR count). The topological polar surface area (TPSA) is 72.9 Å². The van der Waals surface area contributed by atoms with Crippen molar-refractivity contribution in [2.75, 3.05) is 6.61 Å². The number of alkyl halides is 18. The van der Waals surface area contributed by atoms with Crippen molar-refractivity contribution in [2.45, 2.75) is 91.8 Å². The van der Waals surface area contributed by atoms with Crippen molar-refractivity contribution in [3.8, 4) is 0 Å². The molecule has 0 aromatic heterocycles. The maximum absolute atomic E-state index is 15.9. The fraction of sp³-hybridized carbons (Fsp3) is 0.842. The van der Waals surface area contributed by atoms with Crippen LogP contribution in [-0.4, -0.2) is 88.5 Å². The largest absolute Gasteiger partial charge is 0.455 e. The predicted octanol–water partition coefficient (Wildman–Crippen LogP) is 5.88. The summed E-state index contributed by atoms with van der Waals surface area (Å²) in [6, 6.07) is 0. The number of esters is 1. The zero-order valence-electron chi connectivity index (χ0n) is 20.3. The number of carbonyl (C=O) groups excluding carboxylic acids is 3. The third-order valence-electron chi connectivity index (χ3n) is 6.36. The Morgan fingerprint density at radius 2 is 1.28 bits per heavy atom. The fourth-order valence-corrected chi connectivity index (χ4v) is 4.08. The highest BCUT2D eigenvalue weighted by Gasteiger charge is 2.89. The first-order valence-electron chi connectivity index (χ1n) is 10.9. The number of nitrogens with zero attached hydrogens (tertiary/aromatic N) is 1. The summed E-state index contributed by atoms with van der Waals surface area (Å²) in [7, 11) is 0. The van der Waals surface area contributed by atoms with E-state index in [1.807, 2.05) is 0 Å². The number of hydrogen-bond donors (Lipinski definition) is 0. The number of carbonyl (C=O) groups is 3. The van der Waals surface area contributed by atoms with Crippen molar-refractivity contribution in [2.24, 2.45) is 0 Å². The van der Waals surface area contributed by atoms with E-state index < -0.39 is 121 Å². The van der Waals surface area contributed by atoms with Crippen LogP contribution in [0.15, 0.2) is 0 Å². The SMILES string of the molecule is CC(F)(C(F)(F)F)C(F)(C(=O)OCC(F)(OC(F)(F)CC(F)(F)F)C(F)(F)F)N1C(=O)C2(F)CCCC(F)(F)C2(F)C1=O. The maximum atomic E-state index is 15.9. The van der Waals surface area contributed by atoms with Crippen molar-refractivity contribution in [1.82, 2.24) is 4.90 Å². The van der Waals surface area contributed by atoms with Crippen LogP contribution in [-0.2, 0) is 23.9 Å². The zero-order valence-corrected chi connectivity index (χ0v) is 20.3. The van der Waals surface area contributed by atoms with Crippen molar-refractivity contribution in [3.63, 3.8) is 0 Å². The van der Waals surface area contributed by atoms with Gasteiger partial charge < -0.3 is 4.74 Å². The van der Waals surface area contributed by atoms with Crippen LogP contribution in [0.3, 0.4) is 0 Å². The molecule has 5 unspecified atom stereocenters. The lowest BCUT2D eigenvalue weighted by molar-refractivity contribution is -0.428. The molecule has 43 heavy (non-hydrogen) atoms. The van der Waals surface area contributed by atoms with Crippen molar-refractivity contribution >= 4 is 17.8 Å². The van der Waals surface area contributed by atoms with E-state index in [1.165, 1.54) is 0 Å². The molecule has 5 atom stereocenters. The van der Waals surface area contributed by atoms with Gasteiger partial charge in [-0.25, -0.2) is 36.0 Å². The van der Waals surface area contributed by atoms with Crippen LogP contribution in [0.25, 0.3) is 0 Å². The van der Waals surface area contributed by atoms with Gasteiger partial charge in [-0.3, -0.25) is 14.3 Å². The Hall–Kier alpha value is -2.69. The van der Waals surface area contributed by atoms with Gasteiger partial charge in [-0.1, -0.05) is 0 Å². The van der Waals surface area contributed by atoms with E-state index >= 15 is 13.2 Å². The van der Waals surface area contributed by atoms with E-state index in [0.29, 0.717) is 0 Å². The summed E-state index contributed by atoms with van der Waals surface area (Å²) in [6.45, 7) is -4.93. The molecule has 1 saturated heterocycles. The Bertz CT molecular complexity index is 1150. The van der Waals surface area contributed by atoms with Gasteiger partial charge in [0.15, 0.2) is 6.61 Å². The van der Waals surface area contributed by atoms with E-state index in [4.69, 9.17) is 0 Å². The van der Waals surface area contributed by atoms with E-state index in [2.05, 4.69) is 9.47 Å². The molecule has 0 aromatic carbocycles. The Labute approximate surface area is 225 Å². The van der Waals surface area contributed by atoms with Crippen LogP contribution >= 0.6 is 0 Å². The lowest BCUT2D eigenvalue weighted by atomic mass is 9.73. The normalized spacial score (nSPS) is 29.4. The number of ether oxygens (including phenoxy) is 2. The van der Waals surface area contributed by atoms with Gasteiger partial charge in [0.25, 0.3) is 29.1 Å². The van der Waals surface area contributed by atoms with E-state index in [-0.39, 0.29) is 0 Å². The van der Waals surface area contributed by atoms with Gasteiger partial charge in [0.2, 0.25) is 5.67 Å². The molecule has 2 amide bonds. The number of fused-ring (bicyclic) bond motifs is 1. The first-order chi connectivity index (χ1) is 18.7. The fourth-order valence-electron chi connectivity index (χ4n) is 4.08. The predicted molar refractivity (Wildman–Crippen MR) is 95.3 cm³/mol. The molecule has 6 nitrogen and oxygen atoms in total. The van der Waals surface area contributed by atoms with Gasteiger partial charge in [-0.05, 0) is 19.8 Å². The van der Waals surface area contributed by atoms with E-state index in [1.54, 1.807) is 0 Å².